The van der Waals surface area contributed by atoms with Gasteiger partial charge in [-0.25, -0.2) is 4.98 Å². The molecule has 0 saturated heterocycles. The van der Waals surface area contributed by atoms with E-state index in [0.29, 0.717) is 12.2 Å². The molecular formula is C11H12N2OS. The van der Waals surface area contributed by atoms with Gasteiger partial charge in [0.1, 0.15) is 0 Å². The van der Waals surface area contributed by atoms with Gasteiger partial charge in [-0.15, -0.1) is 11.3 Å². The molecule has 2 rings (SSSR count). The van der Waals surface area contributed by atoms with Crippen LogP contribution in [0.1, 0.15) is 21.9 Å². The molecule has 0 radical (unpaired) electrons. The van der Waals surface area contributed by atoms with Crippen LogP contribution in [-0.2, 0) is 13.5 Å². The number of carbonyl (C=O) groups is 1. The van der Waals surface area contributed by atoms with Crippen molar-refractivity contribution in [3.05, 3.63) is 40.6 Å². The maximum atomic E-state index is 11.7. The van der Waals surface area contributed by atoms with Gasteiger partial charge in [0.25, 0.3) is 0 Å². The summed E-state index contributed by atoms with van der Waals surface area (Å²) in [6, 6.07) is 4.06. The molecule has 0 aromatic carbocycles. The second-order valence-corrected chi connectivity index (χ2v) is 4.40. The Morgan fingerprint density at radius 3 is 3.07 bits per heavy atom. The molecule has 0 spiro atoms. The van der Waals surface area contributed by atoms with E-state index in [1.54, 1.807) is 28.3 Å². The lowest BCUT2D eigenvalue weighted by Crippen LogP contribution is -2.07. The molecule has 0 aliphatic carbocycles. The maximum Gasteiger partial charge on any atom is 0.198 e. The summed E-state index contributed by atoms with van der Waals surface area (Å²) in [7, 11) is 1.84. The molecule has 3 nitrogen and oxygen atoms in total. The van der Waals surface area contributed by atoms with Gasteiger partial charge in [-0.2, -0.15) is 0 Å². The maximum absolute atomic E-state index is 11.7. The van der Waals surface area contributed by atoms with Gasteiger partial charge in [0.05, 0.1) is 0 Å². The summed E-state index contributed by atoms with van der Waals surface area (Å²) in [5, 5.41) is 2.03. The highest BCUT2D eigenvalue weighted by molar-refractivity contribution is 7.09. The van der Waals surface area contributed by atoms with Crippen molar-refractivity contribution in [1.29, 1.82) is 0 Å². The minimum atomic E-state index is 0.107. The second kappa shape index (κ2) is 4.40. The van der Waals surface area contributed by atoms with E-state index in [9.17, 15) is 4.79 Å². The Labute approximate surface area is 92.4 Å². The zero-order valence-corrected chi connectivity index (χ0v) is 9.33. The van der Waals surface area contributed by atoms with Crippen molar-refractivity contribution in [3.63, 3.8) is 0 Å². The zero-order valence-electron chi connectivity index (χ0n) is 8.51. The van der Waals surface area contributed by atoms with E-state index in [2.05, 4.69) is 11.1 Å². The third-order valence-corrected chi connectivity index (χ3v) is 3.19. The molecule has 0 unspecified atom stereocenters. The van der Waals surface area contributed by atoms with Gasteiger partial charge in [0.15, 0.2) is 11.6 Å². The number of aromatic nitrogens is 2. The van der Waals surface area contributed by atoms with Gasteiger partial charge in [-0.3, -0.25) is 4.79 Å². The van der Waals surface area contributed by atoms with Crippen LogP contribution in [0.5, 0.6) is 0 Å². The van der Waals surface area contributed by atoms with Crippen LogP contribution in [0.4, 0.5) is 0 Å². The van der Waals surface area contributed by atoms with Crippen molar-refractivity contribution in [2.45, 2.75) is 12.8 Å². The van der Waals surface area contributed by atoms with E-state index in [4.69, 9.17) is 0 Å². The van der Waals surface area contributed by atoms with Crippen LogP contribution >= 0.6 is 11.3 Å². The largest absolute Gasteiger partial charge is 0.332 e. The SMILES string of the molecule is Cn1ccnc1C(=O)CCc1cccs1. The standard InChI is InChI=1S/C11H12N2OS/c1-13-7-6-12-11(13)10(14)5-4-9-3-2-8-15-9/h2-3,6-8H,4-5H2,1H3. The Hall–Kier alpha value is -1.42. The Morgan fingerprint density at radius 1 is 1.60 bits per heavy atom. The minimum absolute atomic E-state index is 0.107. The van der Waals surface area contributed by atoms with E-state index in [0.717, 1.165) is 6.42 Å². The number of imidazole rings is 1. The molecule has 4 heteroatoms. The molecule has 0 aliphatic heterocycles. The number of aryl methyl sites for hydroxylation is 2. The molecule has 2 aromatic rings. The fraction of sp³-hybridized carbons (Fsp3) is 0.273. The molecule has 0 saturated carbocycles. The summed E-state index contributed by atoms with van der Waals surface area (Å²) in [6.45, 7) is 0. The Balaban J connectivity index is 1.96. The number of hydrogen-bond donors (Lipinski definition) is 0. The molecule has 2 aromatic heterocycles. The molecular weight excluding hydrogens is 208 g/mol. The van der Waals surface area contributed by atoms with E-state index in [1.165, 1.54) is 4.88 Å². The fourth-order valence-electron chi connectivity index (χ4n) is 1.44. The Bertz CT molecular complexity index is 445. The van der Waals surface area contributed by atoms with Crippen LogP contribution in [0.25, 0.3) is 0 Å². The van der Waals surface area contributed by atoms with E-state index in [1.807, 2.05) is 18.5 Å². The molecule has 2 heterocycles. The molecule has 0 N–H and O–H groups in total. The van der Waals surface area contributed by atoms with Crippen molar-refractivity contribution in [3.8, 4) is 0 Å². The van der Waals surface area contributed by atoms with Crippen LogP contribution in [0.2, 0.25) is 0 Å². The first-order valence-electron chi connectivity index (χ1n) is 4.80. The monoisotopic (exact) mass is 220 g/mol. The predicted molar refractivity (Wildman–Crippen MR) is 60.2 cm³/mol. The number of thiophene rings is 1. The van der Waals surface area contributed by atoms with E-state index in [-0.39, 0.29) is 5.78 Å². The van der Waals surface area contributed by atoms with Crippen molar-refractivity contribution in [1.82, 2.24) is 9.55 Å². The number of Topliss-reactive ketones (excluding diaryl/α,β-unsaturated/α-hetero) is 1. The Morgan fingerprint density at radius 2 is 2.47 bits per heavy atom. The summed E-state index contributed by atoms with van der Waals surface area (Å²) in [5.74, 6) is 0.655. The van der Waals surface area contributed by atoms with Crippen molar-refractivity contribution < 1.29 is 4.79 Å². The molecule has 0 bridgehead atoms. The van der Waals surface area contributed by atoms with E-state index < -0.39 is 0 Å². The highest BCUT2D eigenvalue weighted by Crippen LogP contribution is 2.12. The average Bonchev–Trinajstić information content (AvgIpc) is 2.84. The van der Waals surface area contributed by atoms with Gasteiger partial charge in [0.2, 0.25) is 0 Å². The number of carbonyl (C=O) groups excluding carboxylic acids is 1. The lowest BCUT2D eigenvalue weighted by Gasteiger charge is -1.99. The van der Waals surface area contributed by atoms with Gasteiger partial charge < -0.3 is 4.57 Å². The van der Waals surface area contributed by atoms with Crippen LogP contribution in [0, 0.1) is 0 Å². The molecule has 0 aliphatic rings. The predicted octanol–water partition coefficient (Wildman–Crippen LogP) is 2.30. The van der Waals surface area contributed by atoms with Gasteiger partial charge in [-0.05, 0) is 17.9 Å². The lowest BCUT2D eigenvalue weighted by atomic mass is 10.2. The molecule has 78 valence electrons. The quantitative estimate of drug-likeness (QED) is 0.741. The summed E-state index contributed by atoms with van der Waals surface area (Å²) < 4.78 is 1.76. The fourth-order valence-corrected chi connectivity index (χ4v) is 2.15. The minimum Gasteiger partial charge on any atom is -0.332 e. The summed E-state index contributed by atoms with van der Waals surface area (Å²) in [6.07, 6.45) is 4.78. The van der Waals surface area contributed by atoms with Crippen molar-refractivity contribution >= 4 is 17.1 Å². The van der Waals surface area contributed by atoms with Crippen LogP contribution < -0.4 is 0 Å². The lowest BCUT2D eigenvalue weighted by molar-refractivity contribution is 0.0970. The number of hydrogen-bond acceptors (Lipinski definition) is 3. The summed E-state index contributed by atoms with van der Waals surface area (Å²) in [4.78, 5) is 17.0. The molecule has 0 atom stereocenters. The first-order chi connectivity index (χ1) is 7.27. The number of ketones is 1. The second-order valence-electron chi connectivity index (χ2n) is 3.36. The zero-order chi connectivity index (χ0) is 10.7. The molecule has 0 fully saturated rings. The first-order valence-corrected chi connectivity index (χ1v) is 5.68. The van der Waals surface area contributed by atoms with Crippen LogP contribution in [0.15, 0.2) is 29.9 Å². The Kier molecular flexibility index (Phi) is 2.97. The van der Waals surface area contributed by atoms with Gasteiger partial charge >= 0.3 is 0 Å². The van der Waals surface area contributed by atoms with Gasteiger partial charge in [-0.1, -0.05) is 6.07 Å². The third-order valence-electron chi connectivity index (χ3n) is 2.25. The smallest absolute Gasteiger partial charge is 0.198 e. The van der Waals surface area contributed by atoms with Crippen LogP contribution in [0.3, 0.4) is 0 Å². The first kappa shape index (κ1) is 10.1. The highest BCUT2D eigenvalue weighted by Gasteiger charge is 2.10. The topological polar surface area (TPSA) is 34.9 Å². The van der Waals surface area contributed by atoms with Crippen molar-refractivity contribution in [2.75, 3.05) is 0 Å². The average molecular weight is 220 g/mol. The van der Waals surface area contributed by atoms with Crippen LogP contribution in [-0.4, -0.2) is 15.3 Å². The van der Waals surface area contributed by atoms with E-state index >= 15 is 0 Å². The van der Waals surface area contributed by atoms with Gasteiger partial charge in [0, 0.05) is 30.7 Å². The number of rotatable bonds is 4. The molecule has 15 heavy (non-hydrogen) atoms. The summed E-state index contributed by atoms with van der Waals surface area (Å²) >= 11 is 1.69. The normalized spacial score (nSPS) is 10.5. The summed E-state index contributed by atoms with van der Waals surface area (Å²) in [5.41, 5.74) is 0. The molecule has 0 amide bonds. The third kappa shape index (κ3) is 2.33. The van der Waals surface area contributed by atoms with Crippen molar-refractivity contribution in [2.24, 2.45) is 7.05 Å². The highest BCUT2D eigenvalue weighted by atomic mass is 32.1. The number of nitrogens with zero attached hydrogens (tertiary/aromatic N) is 2.